The summed E-state index contributed by atoms with van der Waals surface area (Å²) in [5.41, 5.74) is 0. The van der Waals surface area contributed by atoms with E-state index < -0.39 is 0 Å². The van der Waals surface area contributed by atoms with Gasteiger partial charge in [-0.1, -0.05) is 0 Å². The van der Waals surface area contributed by atoms with Crippen LogP contribution in [0.4, 0.5) is 0 Å². The number of likely N-dealkylation sites (tertiary alicyclic amines) is 1. The molecule has 1 aromatic heterocycles. The molecule has 2 saturated heterocycles. The van der Waals surface area contributed by atoms with Crippen LogP contribution >= 0.6 is 0 Å². The Labute approximate surface area is 100 Å². The van der Waals surface area contributed by atoms with Gasteiger partial charge in [-0.15, -0.1) is 0 Å². The van der Waals surface area contributed by atoms with Gasteiger partial charge in [0, 0.05) is 45.3 Å². The Kier molecular flexibility index (Phi) is 2.86. The van der Waals surface area contributed by atoms with E-state index in [1.807, 2.05) is 4.90 Å². The average molecular weight is 235 g/mol. The summed E-state index contributed by atoms with van der Waals surface area (Å²) in [5, 5.41) is 3.34. The SMILES string of the molecule is O=C(c1ccco1)N1CC(N2CCNCC2)C1. The van der Waals surface area contributed by atoms with Crippen LogP contribution in [0.1, 0.15) is 10.6 Å². The van der Waals surface area contributed by atoms with E-state index >= 15 is 0 Å². The van der Waals surface area contributed by atoms with Gasteiger partial charge >= 0.3 is 0 Å². The van der Waals surface area contributed by atoms with Crippen LogP contribution in [0.5, 0.6) is 0 Å². The molecule has 92 valence electrons. The molecule has 2 aliphatic rings. The minimum Gasteiger partial charge on any atom is -0.459 e. The largest absolute Gasteiger partial charge is 0.459 e. The maximum absolute atomic E-state index is 11.9. The van der Waals surface area contributed by atoms with Crippen molar-refractivity contribution < 1.29 is 9.21 Å². The number of rotatable bonds is 2. The van der Waals surface area contributed by atoms with Crippen molar-refractivity contribution in [2.75, 3.05) is 39.3 Å². The third-order valence-corrected chi connectivity index (χ3v) is 3.55. The van der Waals surface area contributed by atoms with Crippen molar-refractivity contribution in [2.24, 2.45) is 0 Å². The fourth-order valence-electron chi connectivity index (χ4n) is 2.46. The standard InChI is InChI=1S/C12H17N3O2/c16-12(11-2-1-7-17-11)15-8-10(9-15)14-5-3-13-4-6-14/h1-2,7,10,13H,3-6,8-9H2. The molecule has 2 fully saturated rings. The maximum Gasteiger partial charge on any atom is 0.289 e. The van der Waals surface area contributed by atoms with Crippen LogP contribution in [0.2, 0.25) is 0 Å². The van der Waals surface area contributed by atoms with Gasteiger partial charge in [0.15, 0.2) is 5.76 Å². The van der Waals surface area contributed by atoms with Crippen molar-refractivity contribution in [2.45, 2.75) is 6.04 Å². The van der Waals surface area contributed by atoms with Gasteiger partial charge in [0.25, 0.3) is 5.91 Å². The Morgan fingerprint density at radius 3 is 2.76 bits per heavy atom. The summed E-state index contributed by atoms with van der Waals surface area (Å²) in [6.45, 7) is 5.96. The lowest BCUT2D eigenvalue weighted by molar-refractivity contribution is 0.0204. The molecule has 1 aromatic rings. The van der Waals surface area contributed by atoms with E-state index in [-0.39, 0.29) is 5.91 Å². The molecule has 0 unspecified atom stereocenters. The number of nitrogens with one attached hydrogen (secondary N) is 1. The molecule has 0 atom stereocenters. The normalized spacial score (nSPS) is 22.5. The van der Waals surface area contributed by atoms with E-state index in [4.69, 9.17) is 4.42 Å². The molecule has 0 aromatic carbocycles. The van der Waals surface area contributed by atoms with Crippen LogP contribution in [-0.4, -0.2) is 61.0 Å². The lowest BCUT2D eigenvalue weighted by Crippen LogP contribution is -2.63. The highest BCUT2D eigenvalue weighted by molar-refractivity contribution is 5.92. The molecule has 1 amide bonds. The molecule has 2 aliphatic heterocycles. The lowest BCUT2D eigenvalue weighted by atomic mass is 10.1. The van der Waals surface area contributed by atoms with Crippen molar-refractivity contribution in [3.63, 3.8) is 0 Å². The molecule has 0 spiro atoms. The van der Waals surface area contributed by atoms with Crippen molar-refractivity contribution >= 4 is 5.91 Å². The Balaban J connectivity index is 1.52. The van der Waals surface area contributed by atoms with Crippen LogP contribution in [-0.2, 0) is 0 Å². The van der Waals surface area contributed by atoms with E-state index in [9.17, 15) is 4.79 Å². The second-order valence-electron chi connectivity index (χ2n) is 4.63. The Morgan fingerprint density at radius 1 is 1.35 bits per heavy atom. The summed E-state index contributed by atoms with van der Waals surface area (Å²) in [4.78, 5) is 16.2. The number of furan rings is 1. The molecule has 5 nitrogen and oxygen atoms in total. The number of hydrogen-bond acceptors (Lipinski definition) is 4. The van der Waals surface area contributed by atoms with Gasteiger partial charge in [0.05, 0.1) is 6.26 Å². The summed E-state index contributed by atoms with van der Waals surface area (Å²) in [6, 6.07) is 4.01. The second-order valence-corrected chi connectivity index (χ2v) is 4.63. The molecule has 17 heavy (non-hydrogen) atoms. The van der Waals surface area contributed by atoms with Crippen LogP contribution < -0.4 is 5.32 Å². The quantitative estimate of drug-likeness (QED) is 0.784. The summed E-state index contributed by atoms with van der Waals surface area (Å²) >= 11 is 0. The molecular weight excluding hydrogens is 218 g/mol. The fraction of sp³-hybridized carbons (Fsp3) is 0.583. The van der Waals surface area contributed by atoms with Crippen molar-refractivity contribution in [1.29, 1.82) is 0 Å². The van der Waals surface area contributed by atoms with Gasteiger partial charge in [0.1, 0.15) is 0 Å². The van der Waals surface area contributed by atoms with E-state index in [1.54, 1.807) is 18.4 Å². The molecule has 0 radical (unpaired) electrons. The van der Waals surface area contributed by atoms with Gasteiger partial charge in [-0.25, -0.2) is 0 Å². The van der Waals surface area contributed by atoms with Crippen molar-refractivity contribution in [3.05, 3.63) is 24.2 Å². The van der Waals surface area contributed by atoms with Crippen LogP contribution in [0, 0.1) is 0 Å². The van der Waals surface area contributed by atoms with Gasteiger partial charge in [-0.05, 0) is 12.1 Å². The Bertz CT molecular complexity index is 378. The minimum absolute atomic E-state index is 0.0152. The first-order chi connectivity index (χ1) is 8.34. The first-order valence-electron chi connectivity index (χ1n) is 6.12. The average Bonchev–Trinajstić information content (AvgIpc) is 2.81. The number of piperazine rings is 1. The van der Waals surface area contributed by atoms with Crippen molar-refractivity contribution in [3.8, 4) is 0 Å². The molecule has 5 heteroatoms. The monoisotopic (exact) mass is 235 g/mol. The lowest BCUT2D eigenvalue weighted by Gasteiger charge is -2.46. The molecule has 3 rings (SSSR count). The highest BCUT2D eigenvalue weighted by Gasteiger charge is 2.36. The highest BCUT2D eigenvalue weighted by Crippen LogP contribution is 2.18. The summed E-state index contributed by atoms with van der Waals surface area (Å²) in [5.74, 6) is 0.463. The predicted octanol–water partition coefficient (Wildman–Crippen LogP) is 0.00920. The van der Waals surface area contributed by atoms with Gasteiger partial charge < -0.3 is 14.6 Å². The molecule has 1 N–H and O–H groups in total. The second kappa shape index (κ2) is 4.50. The maximum atomic E-state index is 11.9. The first-order valence-corrected chi connectivity index (χ1v) is 6.12. The Morgan fingerprint density at radius 2 is 2.12 bits per heavy atom. The van der Waals surface area contributed by atoms with Crippen LogP contribution in [0.3, 0.4) is 0 Å². The predicted molar refractivity (Wildman–Crippen MR) is 62.8 cm³/mol. The molecule has 0 saturated carbocycles. The molecule has 0 aliphatic carbocycles. The number of carbonyl (C=O) groups excluding carboxylic acids is 1. The number of nitrogens with zero attached hydrogens (tertiary/aromatic N) is 2. The number of carbonyl (C=O) groups is 1. The molecule has 3 heterocycles. The number of amides is 1. The van der Waals surface area contributed by atoms with Gasteiger partial charge in [0.2, 0.25) is 0 Å². The zero-order valence-electron chi connectivity index (χ0n) is 9.76. The van der Waals surface area contributed by atoms with Crippen LogP contribution in [0.25, 0.3) is 0 Å². The summed E-state index contributed by atoms with van der Waals surface area (Å²) in [6.07, 6.45) is 1.54. The van der Waals surface area contributed by atoms with Gasteiger partial charge in [-0.2, -0.15) is 0 Å². The summed E-state index contributed by atoms with van der Waals surface area (Å²) < 4.78 is 5.12. The number of hydrogen-bond donors (Lipinski definition) is 1. The smallest absolute Gasteiger partial charge is 0.289 e. The fourth-order valence-corrected chi connectivity index (χ4v) is 2.46. The van der Waals surface area contributed by atoms with E-state index in [0.29, 0.717) is 11.8 Å². The van der Waals surface area contributed by atoms with E-state index in [2.05, 4.69) is 10.2 Å². The third-order valence-electron chi connectivity index (χ3n) is 3.55. The minimum atomic E-state index is 0.0152. The summed E-state index contributed by atoms with van der Waals surface area (Å²) in [7, 11) is 0. The Hall–Kier alpha value is -1.33. The van der Waals surface area contributed by atoms with Gasteiger partial charge in [-0.3, -0.25) is 9.69 Å². The first kappa shape index (κ1) is 10.8. The van der Waals surface area contributed by atoms with Crippen molar-refractivity contribution in [1.82, 2.24) is 15.1 Å². The zero-order valence-corrected chi connectivity index (χ0v) is 9.76. The third kappa shape index (κ3) is 2.08. The highest BCUT2D eigenvalue weighted by atomic mass is 16.3. The molecular formula is C12H17N3O2. The van der Waals surface area contributed by atoms with E-state index in [1.165, 1.54) is 0 Å². The zero-order chi connectivity index (χ0) is 11.7. The topological polar surface area (TPSA) is 48.7 Å². The van der Waals surface area contributed by atoms with E-state index in [0.717, 1.165) is 39.3 Å². The molecule has 0 bridgehead atoms. The van der Waals surface area contributed by atoms with Crippen LogP contribution in [0.15, 0.2) is 22.8 Å².